The molecule has 146 valence electrons. The van der Waals surface area contributed by atoms with Gasteiger partial charge in [-0.15, -0.1) is 12.4 Å². The summed E-state index contributed by atoms with van der Waals surface area (Å²) in [7, 11) is 0. The van der Waals surface area contributed by atoms with Crippen molar-refractivity contribution in [1.82, 2.24) is 0 Å². The zero-order chi connectivity index (χ0) is 18.3. The summed E-state index contributed by atoms with van der Waals surface area (Å²) in [4.78, 5) is 10.5. The van der Waals surface area contributed by atoms with Crippen LogP contribution in [0, 0.1) is 0 Å². The molecule has 0 aromatic heterocycles. The van der Waals surface area contributed by atoms with Gasteiger partial charge in [-0.25, -0.2) is 4.99 Å². The molecule has 1 aromatic carbocycles. The summed E-state index contributed by atoms with van der Waals surface area (Å²) in [6, 6.07) is 8.51. The van der Waals surface area contributed by atoms with E-state index in [0.29, 0.717) is 5.96 Å². The van der Waals surface area contributed by atoms with Crippen molar-refractivity contribution in [3.05, 3.63) is 29.8 Å². The Morgan fingerprint density at radius 1 is 1.00 bits per heavy atom. The van der Waals surface area contributed by atoms with Crippen molar-refractivity contribution in [2.24, 2.45) is 21.5 Å². The second-order valence-electron chi connectivity index (χ2n) is 7.31. The topological polar surface area (TPSA) is 80.0 Å². The molecular weight excluding hydrogens is 346 g/mol. The minimum Gasteiger partial charge on any atom is -0.369 e. The Morgan fingerprint density at radius 3 is 2.31 bits per heavy atom. The van der Waals surface area contributed by atoms with Crippen LogP contribution in [0.1, 0.15) is 71.3 Å². The number of aliphatic imine (C=N–C) groups is 2. The molecule has 26 heavy (non-hydrogen) atoms. The average molecular weight is 380 g/mol. The van der Waals surface area contributed by atoms with Crippen LogP contribution in [0.15, 0.2) is 34.3 Å². The Balaban J connectivity index is 0.00000338. The summed E-state index contributed by atoms with van der Waals surface area (Å²) < 4.78 is 0. The number of guanidine groups is 2. The molecule has 0 saturated carbocycles. The molecule has 1 heterocycles. The number of nitrogens with two attached hydrogens (primary N) is 2. The van der Waals surface area contributed by atoms with Crippen LogP contribution in [0.5, 0.6) is 0 Å². The molecule has 1 aliphatic rings. The first-order valence-corrected chi connectivity index (χ1v) is 9.52. The lowest BCUT2D eigenvalue weighted by atomic mass is 10.0. The van der Waals surface area contributed by atoms with Gasteiger partial charge in [0.15, 0.2) is 0 Å². The molecule has 0 unspecified atom stereocenters. The highest BCUT2D eigenvalue weighted by Gasteiger charge is 2.32. The maximum Gasteiger partial charge on any atom is 0.220 e. The predicted molar refractivity (Wildman–Crippen MR) is 115 cm³/mol. The van der Waals surface area contributed by atoms with E-state index in [-0.39, 0.29) is 18.4 Å². The van der Waals surface area contributed by atoms with Gasteiger partial charge in [-0.1, -0.05) is 57.6 Å². The molecule has 0 aliphatic carbocycles. The molecule has 0 amide bonds. The van der Waals surface area contributed by atoms with E-state index in [1.165, 1.54) is 50.5 Å². The number of unbranched alkanes of at least 4 members (excludes halogenated alkanes) is 6. The molecule has 0 spiro atoms. The second-order valence-corrected chi connectivity index (χ2v) is 7.31. The number of halogens is 1. The average Bonchev–Trinajstić information content (AvgIpc) is 2.52. The van der Waals surface area contributed by atoms with Gasteiger partial charge in [0.1, 0.15) is 5.66 Å². The number of aryl methyl sites for hydroxylation is 1. The lowest BCUT2D eigenvalue weighted by molar-refractivity contribution is 0.533. The summed E-state index contributed by atoms with van der Waals surface area (Å²) >= 11 is 0. The summed E-state index contributed by atoms with van der Waals surface area (Å²) in [6.07, 6.45) is 10.4. The molecular formula is C20H34ClN5. The Hall–Kier alpha value is -1.75. The highest BCUT2D eigenvalue weighted by Crippen LogP contribution is 2.28. The van der Waals surface area contributed by atoms with Crippen LogP contribution in [-0.2, 0) is 6.42 Å². The zero-order valence-electron chi connectivity index (χ0n) is 16.4. The fourth-order valence-electron chi connectivity index (χ4n) is 3.39. The first-order chi connectivity index (χ1) is 11.9. The van der Waals surface area contributed by atoms with Crippen LogP contribution in [0.3, 0.4) is 0 Å². The van der Waals surface area contributed by atoms with E-state index in [2.05, 4.69) is 41.2 Å². The zero-order valence-corrected chi connectivity index (χ0v) is 17.2. The van der Waals surface area contributed by atoms with E-state index in [1.807, 2.05) is 18.7 Å². The summed E-state index contributed by atoms with van der Waals surface area (Å²) in [5.74, 6) is 0.628. The summed E-state index contributed by atoms with van der Waals surface area (Å²) in [6.45, 7) is 6.24. The van der Waals surface area contributed by atoms with E-state index in [9.17, 15) is 0 Å². The van der Waals surface area contributed by atoms with Gasteiger partial charge in [0, 0.05) is 5.69 Å². The van der Waals surface area contributed by atoms with Crippen molar-refractivity contribution < 1.29 is 0 Å². The van der Waals surface area contributed by atoms with Gasteiger partial charge in [0.2, 0.25) is 11.9 Å². The lowest BCUT2D eigenvalue weighted by Crippen LogP contribution is -2.54. The smallest absolute Gasteiger partial charge is 0.220 e. The molecule has 6 heteroatoms. The molecule has 1 aliphatic heterocycles. The molecule has 1 aromatic rings. The van der Waals surface area contributed by atoms with Crippen LogP contribution >= 0.6 is 12.4 Å². The van der Waals surface area contributed by atoms with Crippen LogP contribution < -0.4 is 16.4 Å². The van der Waals surface area contributed by atoms with Crippen molar-refractivity contribution in [3.63, 3.8) is 0 Å². The Bertz CT molecular complexity index is 624. The van der Waals surface area contributed by atoms with Crippen molar-refractivity contribution in [3.8, 4) is 0 Å². The first-order valence-electron chi connectivity index (χ1n) is 9.52. The SMILES string of the molecule is CCCCCCCCCc1cccc(N2C(N)=NC(N)=NC2(C)C)c1.Cl. The maximum absolute atomic E-state index is 6.12. The van der Waals surface area contributed by atoms with Crippen LogP contribution in [-0.4, -0.2) is 17.6 Å². The Morgan fingerprint density at radius 2 is 1.65 bits per heavy atom. The summed E-state index contributed by atoms with van der Waals surface area (Å²) in [5, 5.41) is 0. The van der Waals surface area contributed by atoms with Crippen molar-refractivity contribution >= 4 is 30.0 Å². The van der Waals surface area contributed by atoms with E-state index >= 15 is 0 Å². The van der Waals surface area contributed by atoms with Gasteiger partial charge in [-0.3, -0.25) is 4.90 Å². The molecule has 5 nitrogen and oxygen atoms in total. The number of nitrogens with zero attached hydrogens (tertiary/aromatic N) is 3. The molecule has 0 saturated heterocycles. The molecule has 4 N–H and O–H groups in total. The minimum absolute atomic E-state index is 0. The molecule has 2 rings (SSSR count). The van der Waals surface area contributed by atoms with Crippen LogP contribution in [0.25, 0.3) is 0 Å². The largest absolute Gasteiger partial charge is 0.369 e. The normalized spacial score (nSPS) is 15.9. The minimum atomic E-state index is -0.534. The van der Waals surface area contributed by atoms with E-state index < -0.39 is 5.66 Å². The highest BCUT2D eigenvalue weighted by atomic mass is 35.5. The molecule has 0 fully saturated rings. The third-order valence-corrected chi connectivity index (χ3v) is 4.63. The fraction of sp³-hybridized carbons (Fsp3) is 0.600. The van der Waals surface area contributed by atoms with E-state index in [0.717, 1.165) is 12.1 Å². The number of benzene rings is 1. The van der Waals surface area contributed by atoms with Gasteiger partial charge in [-0.05, 0) is 44.4 Å². The monoisotopic (exact) mass is 379 g/mol. The highest BCUT2D eigenvalue weighted by molar-refractivity contribution is 6.05. The lowest BCUT2D eigenvalue weighted by Gasteiger charge is -2.38. The Labute approximate surface area is 164 Å². The fourth-order valence-corrected chi connectivity index (χ4v) is 3.39. The first kappa shape index (κ1) is 22.3. The van der Waals surface area contributed by atoms with Crippen molar-refractivity contribution in [1.29, 1.82) is 0 Å². The maximum atomic E-state index is 6.12. The van der Waals surface area contributed by atoms with Gasteiger partial charge in [0.25, 0.3) is 0 Å². The Kier molecular flexibility index (Phi) is 8.93. The summed E-state index contributed by atoms with van der Waals surface area (Å²) in [5.41, 5.74) is 13.7. The van der Waals surface area contributed by atoms with Crippen molar-refractivity contribution in [2.45, 2.75) is 77.8 Å². The third kappa shape index (κ3) is 6.20. The van der Waals surface area contributed by atoms with E-state index in [1.54, 1.807) is 0 Å². The second kappa shape index (κ2) is 10.4. The molecule has 0 bridgehead atoms. The third-order valence-electron chi connectivity index (χ3n) is 4.63. The van der Waals surface area contributed by atoms with Crippen LogP contribution in [0.4, 0.5) is 5.69 Å². The van der Waals surface area contributed by atoms with Gasteiger partial charge in [-0.2, -0.15) is 4.99 Å². The van der Waals surface area contributed by atoms with Gasteiger partial charge in [0.05, 0.1) is 0 Å². The van der Waals surface area contributed by atoms with Gasteiger partial charge < -0.3 is 11.5 Å². The van der Waals surface area contributed by atoms with E-state index in [4.69, 9.17) is 11.5 Å². The number of hydrogen-bond donors (Lipinski definition) is 2. The molecule has 0 atom stereocenters. The van der Waals surface area contributed by atoms with Crippen molar-refractivity contribution in [2.75, 3.05) is 4.90 Å². The van der Waals surface area contributed by atoms with Gasteiger partial charge >= 0.3 is 0 Å². The molecule has 0 radical (unpaired) electrons. The van der Waals surface area contributed by atoms with Crippen LogP contribution in [0.2, 0.25) is 0 Å². The number of rotatable bonds is 9. The number of anilines is 1. The predicted octanol–water partition coefficient (Wildman–Crippen LogP) is 4.59. The number of hydrogen-bond acceptors (Lipinski definition) is 5. The standard InChI is InChI=1S/C20H33N5.ClH/c1-4-5-6-7-8-9-10-12-16-13-11-14-17(15-16)25-19(22)23-18(21)24-20(25,2)3;/h11,13-15H,4-10,12H2,1-3H3,(H4,21,22,23,24);1H. The quantitative estimate of drug-likeness (QED) is 0.616.